The van der Waals surface area contributed by atoms with Crippen molar-refractivity contribution in [1.29, 1.82) is 0 Å². The molecule has 2 atom stereocenters. The normalized spacial score (nSPS) is 27.4. The summed E-state index contributed by atoms with van der Waals surface area (Å²) >= 11 is 0. The Bertz CT molecular complexity index is 900. The van der Waals surface area contributed by atoms with Crippen LogP contribution >= 0.6 is 0 Å². The molecule has 3 aliphatic rings. The van der Waals surface area contributed by atoms with Crippen molar-refractivity contribution >= 4 is 5.91 Å². The van der Waals surface area contributed by atoms with E-state index in [0.29, 0.717) is 29.1 Å². The highest BCUT2D eigenvalue weighted by molar-refractivity contribution is 6.01. The molecular weight excluding hydrogens is 345 g/mol. The minimum absolute atomic E-state index is 0.255. The first kappa shape index (κ1) is 16.8. The van der Waals surface area contributed by atoms with Crippen LogP contribution in [0.15, 0.2) is 57.2 Å². The van der Waals surface area contributed by atoms with Gasteiger partial charge in [0.2, 0.25) is 0 Å². The molecule has 3 aliphatic heterocycles. The molecule has 1 aromatic rings. The first-order chi connectivity index (χ1) is 12.3. The molecule has 0 fully saturated rings. The lowest BCUT2D eigenvalue weighted by molar-refractivity contribution is -0.137. The highest BCUT2D eigenvalue weighted by Gasteiger charge is 2.52. The quantitative estimate of drug-likeness (QED) is 0.847. The smallest absolute Gasteiger partial charge is 0.344 e. The molecule has 0 bridgehead atoms. The van der Waals surface area contributed by atoms with E-state index in [0.717, 1.165) is 17.7 Å². The van der Waals surface area contributed by atoms with Crippen LogP contribution in [0.25, 0.3) is 0 Å². The Kier molecular flexibility index (Phi) is 3.51. The lowest BCUT2D eigenvalue weighted by Gasteiger charge is -2.39. The van der Waals surface area contributed by atoms with Gasteiger partial charge in [-0.2, -0.15) is 18.3 Å². The van der Waals surface area contributed by atoms with E-state index in [4.69, 9.17) is 0 Å². The Morgan fingerprint density at radius 2 is 2.12 bits per heavy atom. The molecule has 0 aliphatic carbocycles. The molecule has 0 radical (unpaired) electrons. The van der Waals surface area contributed by atoms with E-state index in [1.54, 1.807) is 6.07 Å². The van der Waals surface area contributed by atoms with E-state index in [1.807, 2.05) is 13.8 Å². The van der Waals surface area contributed by atoms with E-state index in [-0.39, 0.29) is 18.5 Å². The summed E-state index contributed by atoms with van der Waals surface area (Å²) in [6.07, 6.45) is -4.03. The van der Waals surface area contributed by atoms with Gasteiger partial charge in [0.05, 0.1) is 29.1 Å². The summed E-state index contributed by atoms with van der Waals surface area (Å²) in [6, 6.07) is 4.95. The summed E-state index contributed by atoms with van der Waals surface area (Å²) in [5, 5.41) is 14.2. The largest absolute Gasteiger partial charge is 0.416 e. The highest BCUT2D eigenvalue weighted by Crippen LogP contribution is 2.51. The number of halogens is 3. The van der Waals surface area contributed by atoms with Crippen molar-refractivity contribution in [2.75, 3.05) is 6.54 Å². The Morgan fingerprint density at radius 1 is 1.35 bits per heavy atom. The minimum atomic E-state index is -4.46. The summed E-state index contributed by atoms with van der Waals surface area (Å²) in [6.45, 7) is 3.96. The van der Waals surface area contributed by atoms with Crippen LogP contribution < -0.4 is 10.6 Å². The van der Waals surface area contributed by atoms with Crippen molar-refractivity contribution in [1.82, 2.24) is 10.6 Å². The van der Waals surface area contributed by atoms with Crippen LogP contribution in [0.1, 0.15) is 31.4 Å². The van der Waals surface area contributed by atoms with Crippen LogP contribution in [0.3, 0.4) is 0 Å². The van der Waals surface area contributed by atoms with E-state index < -0.39 is 17.2 Å². The van der Waals surface area contributed by atoms with Crippen LogP contribution in [-0.4, -0.2) is 18.5 Å². The fraction of sp³-hybridized carbons (Fsp3) is 0.389. The average Bonchev–Trinajstić information content (AvgIpc) is 3.18. The van der Waals surface area contributed by atoms with Gasteiger partial charge in [-0.15, -0.1) is 5.11 Å². The van der Waals surface area contributed by atoms with Crippen LogP contribution in [0.4, 0.5) is 13.2 Å². The molecule has 5 nitrogen and oxygen atoms in total. The summed E-state index contributed by atoms with van der Waals surface area (Å²) in [5.41, 5.74) is 0.598. The third-order valence-corrected chi connectivity index (χ3v) is 5.37. The van der Waals surface area contributed by atoms with Crippen molar-refractivity contribution < 1.29 is 18.0 Å². The number of amides is 1. The Hall–Kier alpha value is -2.64. The number of rotatable bonds is 2. The van der Waals surface area contributed by atoms with Gasteiger partial charge >= 0.3 is 6.18 Å². The number of dihydropyridines is 1. The van der Waals surface area contributed by atoms with Crippen LogP contribution in [-0.2, 0) is 16.4 Å². The number of carbonyl (C=O) groups is 1. The second-order valence-electron chi connectivity index (χ2n) is 6.67. The number of nitrogens with one attached hydrogen (secondary N) is 2. The molecule has 1 amide bonds. The van der Waals surface area contributed by atoms with Gasteiger partial charge in [-0.25, -0.2) is 0 Å². The summed E-state index contributed by atoms with van der Waals surface area (Å²) in [4.78, 5) is 12.7. The Balaban J connectivity index is 1.99. The van der Waals surface area contributed by atoms with Crippen LogP contribution in [0.5, 0.6) is 0 Å². The molecule has 1 aromatic carbocycles. The first-order valence-corrected chi connectivity index (χ1v) is 8.40. The van der Waals surface area contributed by atoms with Gasteiger partial charge in [-0.1, -0.05) is 25.1 Å². The second-order valence-corrected chi connectivity index (χ2v) is 6.67. The second kappa shape index (κ2) is 5.43. The molecule has 0 saturated heterocycles. The summed E-state index contributed by atoms with van der Waals surface area (Å²) in [7, 11) is 0. The number of azo groups is 1. The zero-order chi connectivity index (χ0) is 18.7. The van der Waals surface area contributed by atoms with E-state index >= 15 is 0 Å². The zero-order valence-corrected chi connectivity index (χ0v) is 14.2. The average molecular weight is 362 g/mol. The highest BCUT2D eigenvalue weighted by atomic mass is 19.4. The SMILES string of the molecule is CC[C@]1(c2cccc(C(F)(F)F)c2)C2=C(N=NC2)NC2=C1C(=O)N[C@@H]2C. The van der Waals surface area contributed by atoms with Crippen molar-refractivity contribution in [3.05, 3.63) is 58.1 Å². The number of carbonyl (C=O) groups excluding carboxylic acids is 1. The molecule has 26 heavy (non-hydrogen) atoms. The van der Waals surface area contributed by atoms with Gasteiger partial charge in [0, 0.05) is 11.3 Å². The molecule has 136 valence electrons. The van der Waals surface area contributed by atoms with Crippen molar-refractivity contribution in [2.45, 2.75) is 37.9 Å². The molecule has 3 heterocycles. The molecule has 2 N–H and O–H groups in total. The van der Waals surface area contributed by atoms with Gasteiger partial charge in [0.15, 0.2) is 5.82 Å². The number of nitrogens with zero attached hydrogens (tertiary/aromatic N) is 2. The molecule has 0 saturated carbocycles. The van der Waals surface area contributed by atoms with E-state index in [2.05, 4.69) is 20.9 Å². The van der Waals surface area contributed by atoms with Crippen molar-refractivity contribution in [2.24, 2.45) is 10.2 Å². The summed E-state index contributed by atoms with van der Waals surface area (Å²) in [5.74, 6) is 0.268. The van der Waals surface area contributed by atoms with Gasteiger partial charge < -0.3 is 10.6 Å². The maximum Gasteiger partial charge on any atom is 0.416 e. The Morgan fingerprint density at radius 3 is 2.81 bits per heavy atom. The predicted octanol–water partition coefficient (Wildman–Crippen LogP) is 3.41. The van der Waals surface area contributed by atoms with Crippen molar-refractivity contribution in [3.8, 4) is 0 Å². The molecule has 0 aromatic heterocycles. The van der Waals surface area contributed by atoms with E-state index in [1.165, 1.54) is 6.07 Å². The maximum absolute atomic E-state index is 13.3. The monoisotopic (exact) mass is 362 g/mol. The third-order valence-electron chi connectivity index (χ3n) is 5.37. The predicted molar refractivity (Wildman–Crippen MR) is 87.9 cm³/mol. The van der Waals surface area contributed by atoms with Crippen LogP contribution in [0, 0.1) is 0 Å². The third kappa shape index (κ3) is 2.14. The first-order valence-electron chi connectivity index (χ1n) is 8.40. The number of alkyl halides is 3. The molecule has 8 heteroatoms. The zero-order valence-electron chi connectivity index (χ0n) is 14.2. The molecule has 4 rings (SSSR count). The minimum Gasteiger partial charge on any atom is -0.344 e. The number of hydrogen-bond donors (Lipinski definition) is 2. The Labute approximate surface area is 148 Å². The standard InChI is InChI=1S/C18H17F3N4O/c1-3-17(10-5-4-6-11(7-10)18(19,20)21)12-8-22-25-15(12)24-14-9(2)23-16(26)13(14)17/h4-7,9,24H,3,8H2,1-2H3,(H,23,26)/t9-,17+/m1/s1. The summed E-state index contributed by atoms with van der Waals surface area (Å²) < 4.78 is 39.9. The number of benzene rings is 1. The van der Waals surface area contributed by atoms with Gasteiger partial charge in [0.1, 0.15) is 0 Å². The van der Waals surface area contributed by atoms with Crippen molar-refractivity contribution in [3.63, 3.8) is 0 Å². The molecule has 0 spiro atoms. The molecular formula is C18H17F3N4O. The lowest BCUT2D eigenvalue weighted by atomic mass is 9.64. The van der Waals surface area contributed by atoms with Crippen LogP contribution in [0.2, 0.25) is 0 Å². The van der Waals surface area contributed by atoms with Gasteiger partial charge in [-0.05, 0) is 25.0 Å². The topological polar surface area (TPSA) is 65.8 Å². The fourth-order valence-corrected chi connectivity index (χ4v) is 4.18. The van der Waals surface area contributed by atoms with Gasteiger partial charge in [0.25, 0.3) is 5.91 Å². The molecule has 0 unspecified atom stereocenters. The fourth-order valence-electron chi connectivity index (χ4n) is 4.18. The van der Waals surface area contributed by atoms with Gasteiger partial charge in [-0.3, -0.25) is 4.79 Å². The number of hydrogen-bond acceptors (Lipinski definition) is 4. The maximum atomic E-state index is 13.3. The lowest BCUT2D eigenvalue weighted by Crippen LogP contribution is -2.41. The van der Waals surface area contributed by atoms with E-state index in [9.17, 15) is 18.0 Å².